The first-order chi connectivity index (χ1) is 10.2. The Balaban J connectivity index is 4.29. The van der Waals surface area contributed by atoms with Crippen LogP contribution in [-0.2, 0) is 4.79 Å². The van der Waals surface area contributed by atoms with Crippen molar-refractivity contribution in [2.75, 3.05) is 0 Å². The zero-order valence-corrected chi connectivity index (χ0v) is 14.5. The van der Waals surface area contributed by atoms with Gasteiger partial charge in [0.2, 0.25) is 0 Å². The van der Waals surface area contributed by atoms with Gasteiger partial charge in [-0.05, 0) is 66.4 Å². The van der Waals surface area contributed by atoms with Gasteiger partial charge in [0.05, 0.1) is 6.10 Å². The smallest absolute Gasteiger partial charge is 0.331 e. The van der Waals surface area contributed by atoms with Crippen molar-refractivity contribution in [3.05, 3.63) is 46.6 Å². The average Bonchev–Trinajstić information content (AvgIpc) is 2.37. The molecule has 0 fully saturated rings. The van der Waals surface area contributed by atoms with Gasteiger partial charge in [-0.3, -0.25) is 0 Å². The highest BCUT2D eigenvalue weighted by Crippen LogP contribution is 2.12. The van der Waals surface area contributed by atoms with Gasteiger partial charge < -0.3 is 10.2 Å². The van der Waals surface area contributed by atoms with Gasteiger partial charge >= 0.3 is 5.97 Å². The SMILES string of the molecule is CC(C)=CCCC(C)=CCCC(C)=CC(O)C=C(C)C(=O)O. The second-order valence-electron chi connectivity index (χ2n) is 6.07. The van der Waals surface area contributed by atoms with E-state index in [0.717, 1.165) is 31.3 Å². The topological polar surface area (TPSA) is 57.5 Å². The summed E-state index contributed by atoms with van der Waals surface area (Å²) in [6.45, 7) is 9.80. The lowest BCUT2D eigenvalue weighted by Gasteiger charge is -2.04. The zero-order chi connectivity index (χ0) is 17.1. The minimum atomic E-state index is -1.000. The summed E-state index contributed by atoms with van der Waals surface area (Å²) in [4.78, 5) is 10.7. The Kier molecular flexibility index (Phi) is 10.2. The molecule has 0 bridgehead atoms. The van der Waals surface area contributed by atoms with Crippen LogP contribution in [0.3, 0.4) is 0 Å². The number of carboxylic acids is 1. The van der Waals surface area contributed by atoms with Crippen LogP contribution in [0.2, 0.25) is 0 Å². The van der Waals surface area contributed by atoms with Crippen molar-refractivity contribution in [3.63, 3.8) is 0 Å². The van der Waals surface area contributed by atoms with Crippen molar-refractivity contribution in [1.82, 2.24) is 0 Å². The first-order valence-electron chi connectivity index (χ1n) is 7.78. The Morgan fingerprint density at radius 1 is 0.909 bits per heavy atom. The van der Waals surface area contributed by atoms with E-state index in [4.69, 9.17) is 5.11 Å². The first kappa shape index (κ1) is 20.4. The van der Waals surface area contributed by atoms with E-state index in [9.17, 15) is 9.90 Å². The second-order valence-corrected chi connectivity index (χ2v) is 6.07. The van der Waals surface area contributed by atoms with Gasteiger partial charge in [0.1, 0.15) is 0 Å². The molecule has 0 saturated heterocycles. The number of carboxylic acid groups (broad SMARTS) is 1. The third-order valence-electron chi connectivity index (χ3n) is 3.34. The molecule has 0 aliphatic heterocycles. The van der Waals surface area contributed by atoms with Crippen LogP contribution in [0.1, 0.15) is 60.3 Å². The molecule has 22 heavy (non-hydrogen) atoms. The fraction of sp³-hybridized carbons (Fsp3) is 0.526. The fourth-order valence-corrected chi connectivity index (χ4v) is 1.99. The number of rotatable bonds is 9. The lowest BCUT2D eigenvalue weighted by molar-refractivity contribution is -0.132. The summed E-state index contributed by atoms with van der Waals surface area (Å²) in [5, 5.41) is 18.5. The van der Waals surface area contributed by atoms with E-state index in [2.05, 4.69) is 32.9 Å². The quantitative estimate of drug-likeness (QED) is 0.475. The summed E-state index contributed by atoms with van der Waals surface area (Å²) in [7, 11) is 0. The predicted octanol–water partition coefficient (Wildman–Crippen LogP) is 4.80. The molecule has 3 nitrogen and oxygen atoms in total. The monoisotopic (exact) mass is 306 g/mol. The Morgan fingerprint density at radius 2 is 1.45 bits per heavy atom. The average molecular weight is 306 g/mol. The van der Waals surface area contributed by atoms with Crippen molar-refractivity contribution < 1.29 is 15.0 Å². The van der Waals surface area contributed by atoms with Crippen LogP contribution in [0, 0.1) is 0 Å². The molecule has 0 rings (SSSR count). The molecule has 0 aliphatic carbocycles. The minimum Gasteiger partial charge on any atom is -0.478 e. The first-order valence-corrected chi connectivity index (χ1v) is 7.78. The van der Waals surface area contributed by atoms with Gasteiger partial charge in [-0.15, -0.1) is 0 Å². The molecule has 0 aliphatic rings. The molecule has 0 radical (unpaired) electrons. The highest BCUT2D eigenvalue weighted by Gasteiger charge is 2.03. The van der Waals surface area contributed by atoms with Gasteiger partial charge in [0.15, 0.2) is 0 Å². The van der Waals surface area contributed by atoms with Gasteiger partial charge in [0.25, 0.3) is 0 Å². The van der Waals surface area contributed by atoms with Crippen molar-refractivity contribution in [2.45, 2.75) is 66.4 Å². The van der Waals surface area contributed by atoms with Crippen molar-refractivity contribution in [3.8, 4) is 0 Å². The van der Waals surface area contributed by atoms with Crippen LogP contribution in [0.4, 0.5) is 0 Å². The molecule has 1 unspecified atom stereocenters. The van der Waals surface area contributed by atoms with Crippen molar-refractivity contribution in [1.29, 1.82) is 0 Å². The Labute approximate surface area is 134 Å². The Hall–Kier alpha value is -1.61. The molecular weight excluding hydrogens is 276 g/mol. The maximum absolute atomic E-state index is 10.7. The highest BCUT2D eigenvalue weighted by molar-refractivity contribution is 5.85. The third-order valence-corrected chi connectivity index (χ3v) is 3.34. The van der Waals surface area contributed by atoms with Gasteiger partial charge in [-0.1, -0.05) is 34.9 Å². The van der Waals surface area contributed by atoms with E-state index in [-0.39, 0.29) is 5.57 Å². The van der Waals surface area contributed by atoms with Crippen LogP contribution < -0.4 is 0 Å². The summed E-state index contributed by atoms with van der Waals surface area (Å²) in [5.74, 6) is -1.000. The summed E-state index contributed by atoms with van der Waals surface area (Å²) in [5.41, 5.74) is 3.96. The normalized spacial score (nSPS) is 14.7. The number of aliphatic hydroxyl groups excluding tert-OH is 1. The fourth-order valence-electron chi connectivity index (χ4n) is 1.99. The number of carbonyl (C=O) groups is 1. The molecule has 1 atom stereocenters. The molecule has 0 spiro atoms. The Morgan fingerprint density at radius 3 is 2.00 bits per heavy atom. The van der Waals surface area contributed by atoms with E-state index in [1.807, 2.05) is 6.92 Å². The van der Waals surface area contributed by atoms with Crippen LogP contribution in [0.5, 0.6) is 0 Å². The van der Waals surface area contributed by atoms with E-state index in [1.165, 1.54) is 24.1 Å². The Bertz CT molecular complexity index is 475. The van der Waals surface area contributed by atoms with E-state index in [1.54, 1.807) is 6.08 Å². The molecule has 0 saturated carbocycles. The molecule has 124 valence electrons. The van der Waals surface area contributed by atoms with Crippen LogP contribution >= 0.6 is 0 Å². The molecule has 0 amide bonds. The summed E-state index contributed by atoms with van der Waals surface area (Å²) in [6, 6.07) is 0. The maximum Gasteiger partial charge on any atom is 0.331 e. The van der Waals surface area contributed by atoms with Crippen LogP contribution in [0.15, 0.2) is 46.6 Å². The standard InChI is InChI=1S/C19H30O3/c1-14(2)8-6-9-15(3)10-7-11-16(4)12-18(20)13-17(5)19(21)22/h8,10,12-13,18,20H,6-7,9,11H2,1-5H3,(H,21,22). The highest BCUT2D eigenvalue weighted by atomic mass is 16.4. The number of hydrogen-bond donors (Lipinski definition) is 2. The van der Waals surface area contributed by atoms with Gasteiger partial charge in [0, 0.05) is 5.57 Å². The lowest BCUT2D eigenvalue weighted by atomic mass is 10.0. The number of allylic oxidation sites excluding steroid dienone is 5. The number of aliphatic hydroxyl groups is 1. The maximum atomic E-state index is 10.7. The molecule has 0 aromatic carbocycles. The van der Waals surface area contributed by atoms with Gasteiger partial charge in [-0.25, -0.2) is 4.79 Å². The summed E-state index contributed by atoms with van der Waals surface area (Å²) in [6.07, 6.45) is 10.7. The van der Waals surface area contributed by atoms with Crippen molar-refractivity contribution in [2.24, 2.45) is 0 Å². The lowest BCUT2D eigenvalue weighted by Crippen LogP contribution is -2.04. The zero-order valence-electron chi connectivity index (χ0n) is 14.5. The summed E-state index contributed by atoms with van der Waals surface area (Å²) < 4.78 is 0. The predicted molar refractivity (Wildman–Crippen MR) is 92.8 cm³/mol. The molecule has 2 N–H and O–H groups in total. The second kappa shape index (κ2) is 11.0. The number of hydrogen-bond acceptors (Lipinski definition) is 2. The van der Waals surface area contributed by atoms with Gasteiger partial charge in [-0.2, -0.15) is 0 Å². The molecule has 0 heterocycles. The largest absolute Gasteiger partial charge is 0.478 e. The minimum absolute atomic E-state index is 0.159. The summed E-state index contributed by atoms with van der Waals surface area (Å²) >= 11 is 0. The van der Waals surface area contributed by atoms with E-state index < -0.39 is 12.1 Å². The number of aliphatic carboxylic acids is 1. The van der Waals surface area contributed by atoms with E-state index >= 15 is 0 Å². The van der Waals surface area contributed by atoms with Crippen LogP contribution in [-0.4, -0.2) is 22.3 Å². The third kappa shape index (κ3) is 11.1. The molecular formula is C19H30O3. The molecule has 3 heteroatoms. The van der Waals surface area contributed by atoms with E-state index in [0.29, 0.717) is 0 Å². The van der Waals surface area contributed by atoms with Crippen LogP contribution in [0.25, 0.3) is 0 Å². The molecule has 0 aromatic rings. The molecule has 0 aromatic heterocycles. The van der Waals surface area contributed by atoms with Crippen molar-refractivity contribution >= 4 is 5.97 Å².